The van der Waals surface area contributed by atoms with Crippen molar-refractivity contribution in [1.82, 2.24) is 10.6 Å². The number of ether oxygens (including phenoxy) is 1. The first-order valence-corrected chi connectivity index (χ1v) is 20.8. The molecule has 5 saturated carbocycles. The summed E-state index contributed by atoms with van der Waals surface area (Å²) in [7, 11) is 1.30. The molecule has 8 nitrogen and oxygen atoms in total. The Morgan fingerprint density at radius 1 is 0.815 bits per heavy atom. The molecule has 294 valence electrons. The van der Waals surface area contributed by atoms with Crippen LogP contribution >= 0.6 is 0 Å². The average molecular weight is 741 g/mol. The fourth-order valence-corrected chi connectivity index (χ4v) is 13.8. The van der Waals surface area contributed by atoms with E-state index in [1.54, 1.807) is 30.3 Å². The lowest BCUT2D eigenvalue weighted by Crippen LogP contribution is -2.67. The minimum Gasteiger partial charge on any atom is -0.508 e. The topological polar surface area (TPSA) is 125 Å². The number of carbonyl (C=O) groups excluding carboxylic acids is 3. The highest BCUT2D eigenvalue weighted by Crippen LogP contribution is 2.76. The Bertz CT molecular complexity index is 1740. The third-order valence-electron chi connectivity index (χ3n) is 16.8. The molecule has 9 unspecified atom stereocenters. The van der Waals surface area contributed by atoms with Crippen LogP contribution in [0.4, 0.5) is 0 Å². The predicted octanol–water partition coefficient (Wildman–Crippen LogP) is 7.78. The van der Waals surface area contributed by atoms with Crippen molar-refractivity contribution in [3.63, 3.8) is 0 Å². The van der Waals surface area contributed by atoms with Crippen LogP contribution in [0.15, 0.2) is 48.5 Å². The van der Waals surface area contributed by atoms with Crippen molar-refractivity contribution >= 4 is 17.8 Å². The molecule has 0 saturated heterocycles. The van der Waals surface area contributed by atoms with Gasteiger partial charge in [-0.2, -0.15) is 0 Å². The molecule has 2 aromatic carbocycles. The molecule has 2 amide bonds. The molecule has 7 rings (SSSR count). The van der Waals surface area contributed by atoms with Gasteiger partial charge in [0.2, 0.25) is 5.91 Å². The lowest BCUT2D eigenvalue weighted by molar-refractivity contribution is -0.244. The zero-order valence-electron chi connectivity index (χ0n) is 33.5. The Morgan fingerprint density at radius 3 is 2.31 bits per heavy atom. The smallest absolute Gasteiger partial charge is 0.328 e. The Kier molecular flexibility index (Phi) is 10.3. The lowest BCUT2D eigenvalue weighted by Gasteiger charge is -2.72. The van der Waals surface area contributed by atoms with E-state index in [4.69, 9.17) is 4.74 Å². The van der Waals surface area contributed by atoms with E-state index in [-0.39, 0.29) is 57.2 Å². The summed E-state index contributed by atoms with van der Waals surface area (Å²) >= 11 is 0. The van der Waals surface area contributed by atoms with Crippen molar-refractivity contribution in [2.75, 3.05) is 13.7 Å². The van der Waals surface area contributed by atoms with E-state index >= 15 is 0 Å². The Balaban J connectivity index is 0.997. The fraction of sp³-hybridized carbons (Fsp3) is 0.674. The molecule has 0 aromatic heterocycles. The van der Waals surface area contributed by atoms with Crippen LogP contribution in [-0.2, 0) is 27.2 Å². The van der Waals surface area contributed by atoms with Gasteiger partial charge in [0.25, 0.3) is 5.91 Å². The third kappa shape index (κ3) is 6.27. The molecule has 5 aliphatic carbocycles. The van der Waals surface area contributed by atoms with Gasteiger partial charge in [0, 0.05) is 18.5 Å². The van der Waals surface area contributed by atoms with E-state index < -0.39 is 12.0 Å². The van der Waals surface area contributed by atoms with Crippen molar-refractivity contribution in [2.24, 2.45) is 50.7 Å². The fourth-order valence-electron chi connectivity index (χ4n) is 13.8. The van der Waals surface area contributed by atoms with E-state index in [1.807, 2.05) is 18.2 Å². The van der Waals surface area contributed by atoms with Gasteiger partial charge < -0.3 is 25.6 Å². The van der Waals surface area contributed by atoms with Crippen molar-refractivity contribution in [1.29, 1.82) is 0 Å². The third-order valence-corrected chi connectivity index (χ3v) is 16.8. The highest BCUT2D eigenvalue weighted by atomic mass is 16.5. The summed E-state index contributed by atoms with van der Waals surface area (Å²) in [5.41, 5.74) is 2.53. The number of amides is 2. The number of aromatic hydroxyl groups is 1. The Morgan fingerprint density at radius 2 is 1.57 bits per heavy atom. The largest absolute Gasteiger partial charge is 0.508 e. The number of esters is 1. The van der Waals surface area contributed by atoms with Crippen LogP contribution < -0.4 is 10.6 Å². The first-order chi connectivity index (χ1) is 25.6. The van der Waals surface area contributed by atoms with Crippen molar-refractivity contribution in [2.45, 2.75) is 130 Å². The Hall–Kier alpha value is -3.39. The van der Waals surface area contributed by atoms with Gasteiger partial charge in [0.05, 0.1) is 18.6 Å². The SMILES string of the molecule is COC(=O)C(Cc1ccc(O)cc1)NC(=O)c1cccc(CCNC(=O)C23CCCC2C2CCC4C5(C)CCC(O)C(C)(C)C5CCC4(C)[C@]2(C)CC3)c1. The first-order valence-electron chi connectivity index (χ1n) is 20.8. The molecule has 5 aliphatic rings. The van der Waals surface area contributed by atoms with Crippen molar-refractivity contribution in [3.05, 3.63) is 65.2 Å². The summed E-state index contributed by atoms with van der Waals surface area (Å²) in [6.45, 7) is 13.0. The number of benzene rings is 2. The maximum atomic E-state index is 14.4. The molecule has 2 aromatic rings. The molecule has 0 heterocycles. The van der Waals surface area contributed by atoms with Crippen molar-refractivity contribution in [3.8, 4) is 5.75 Å². The number of nitrogens with one attached hydrogen (secondary N) is 2. The van der Waals surface area contributed by atoms with Crippen LogP contribution in [0.3, 0.4) is 0 Å². The lowest BCUT2D eigenvalue weighted by atomic mass is 9.32. The maximum absolute atomic E-state index is 14.4. The van der Waals surface area contributed by atoms with Gasteiger partial charge >= 0.3 is 5.97 Å². The summed E-state index contributed by atoms with van der Waals surface area (Å²) < 4.78 is 4.97. The molecule has 10 atom stereocenters. The molecule has 0 bridgehead atoms. The zero-order chi connectivity index (χ0) is 38.7. The molecule has 5 fully saturated rings. The standard InChI is InChI=1S/C46H64N2O6/c1-42(2)36-18-23-45(5)37(43(36,3)22-19-38(42)50)17-16-33-34-11-8-21-46(34,25-24-44(33,45)4)41(53)47-26-20-29-9-7-10-31(27-29)39(51)48-35(40(52)54-6)28-30-12-14-32(49)15-13-30/h7,9-10,12-15,27,33-38,49-50H,8,11,16-26,28H2,1-6H3,(H,47,53)(H,48,51)/t33?,34?,35?,36?,37?,38?,43?,44-,45?,46?/m1/s1. The van der Waals surface area contributed by atoms with Gasteiger partial charge in [-0.25, -0.2) is 4.79 Å². The zero-order valence-corrected chi connectivity index (χ0v) is 33.5. The summed E-state index contributed by atoms with van der Waals surface area (Å²) in [5, 5.41) is 26.9. The molecular weight excluding hydrogens is 677 g/mol. The highest BCUT2D eigenvalue weighted by Gasteiger charge is 2.70. The van der Waals surface area contributed by atoms with Gasteiger partial charge in [-0.1, -0.05) is 65.3 Å². The normalized spacial score (nSPS) is 37.1. The van der Waals surface area contributed by atoms with Gasteiger partial charge in [0.1, 0.15) is 11.8 Å². The minimum atomic E-state index is -0.880. The number of phenols is 1. The quantitative estimate of drug-likeness (QED) is 0.195. The van der Waals surface area contributed by atoms with Crippen LogP contribution in [0.5, 0.6) is 5.75 Å². The van der Waals surface area contributed by atoms with Gasteiger partial charge in [-0.15, -0.1) is 0 Å². The Labute approximate surface area is 322 Å². The number of phenolic OH excluding ortho intramolecular Hbond substituents is 1. The second-order valence-corrected chi connectivity index (χ2v) is 19.3. The number of methoxy groups -OCH3 is 1. The molecule has 0 spiro atoms. The summed E-state index contributed by atoms with van der Waals surface area (Å²) in [4.78, 5) is 40.3. The van der Waals surface area contributed by atoms with Crippen LogP contribution in [0.1, 0.15) is 127 Å². The van der Waals surface area contributed by atoms with E-state index in [9.17, 15) is 24.6 Å². The number of hydrogen-bond donors (Lipinski definition) is 4. The average Bonchev–Trinajstić information content (AvgIpc) is 3.59. The summed E-state index contributed by atoms with van der Waals surface area (Å²) in [6, 6.07) is 13.0. The second kappa shape index (κ2) is 14.3. The van der Waals surface area contributed by atoms with Crippen LogP contribution in [0.2, 0.25) is 0 Å². The molecule has 0 aliphatic heterocycles. The summed E-state index contributed by atoms with van der Waals surface area (Å²) in [6.07, 6.45) is 12.8. The first kappa shape index (κ1) is 38.9. The van der Waals surface area contributed by atoms with E-state index in [1.165, 1.54) is 32.8 Å². The van der Waals surface area contributed by atoms with Crippen LogP contribution in [-0.4, -0.2) is 53.8 Å². The number of rotatable bonds is 9. The van der Waals surface area contributed by atoms with Crippen LogP contribution in [0.25, 0.3) is 0 Å². The van der Waals surface area contributed by atoms with Crippen molar-refractivity contribution < 1.29 is 29.3 Å². The molecule has 0 radical (unpaired) electrons. The maximum Gasteiger partial charge on any atom is 0.328 e. The highest BCUT2D eigenvalue weighted by molar-refractivity contribution is 5.97. The molecule has 4 N–H and O–H groups in total. The summed E-state index contributed by atoms with van der Waals surface area (Å²) in [5.74, 6) is 1.62. The predicted molar refractivity (Wildman–Crippen MR) is 210 cm³/mol. The van der Waals surface area contributed by atoms with E-state index in [2.05, 4.69) is 45.3 Å². The minimum absolute atomic E-state index is 0.0475. The number of aliphatic hydroxyl groups is 1. The number of carbonyl (C=O) groups is 3. The number of fused-ring (bicyclic) bond motifs is 7. The van der Waals surface area contributed by atoms with Crippen LogP contribution in [0, 0.1) is 50.7 Å². The van der Waals surface area contributed by atoms with E-state index in [0.29, 0.717) is 42.2 Å². The van der Waals surface area contributed by atoms with Gasteiger partial charge in [-0.3, -0.25) is 9.59 Å². The number of hydrogen-bond acceptors (Lipinski definition) is 6. The number of aliphatic hydroxyl groups excluding tert-OH is 1. The molecule has 8 heteroatoms. The van der Waals surface area contributed by atoms with E-state index in [0.717, 1.165) is 56.1 Å². The molecular formula is C46H64N2O6. The molecule has 54 heavy (non-hydrogen) atoms. The monoisotopic (exact) mass is 740 g/mol. The second-order valence-electron chi connectivity index (χ2n) is 19.3. The van der Waals surface area contributed by atoms with Gasteiger partial charge in [-0.05, 0) is 151 Å². The van der Waals surface area contributed by atoms with Gasteiger partial charge in [0.15, 0.2) is 0 Å².